The van der Waals surface area contributed by atoms with Crippen LogP contribution in [-0.2, 0) is 0 Å². The van der Waals surface area contributed by atoms with Gasteiger partial charge >= 0.3 is 0 Å². The summed E-state index contributed by atoms with van der Waals surface area (Å²) in [6.45, 7) is -0.197. The van der Waals surface area contributed by atoms with Gasteiger partial charge in [-0.1, -0.05) is 152 Å². The topological polar surface area (TPSA) is 59.0 Å². The summed E-state index contributed by atoms with van der Waals surface area (Å²) in [7, 11) is 0. The third-order valence-corrected chi connectivity index (χ3v) is 15.6. The second kappa shape index (κ2) is 14.4. The highest BCUT2D eigenvalue weighted by molar-refractivity contribution is 7.00. The lowest BCUT2D eigenvalue weighted by Crippen LogP contribution is -2.61. The second-order valence-electron chi connectivity index (χ2n) is 19.4. The van der Waals surface area contributed by atoms with Gasteiger partial charge in [-0.15, -0.1) is 0 Å². The quantitative estimate of drug-likeness (QED) is 0.164. The first kappa shape index (κ1) is 39.1. The molecule has 0 spiro atoms. The highest BCUT2D eigenvalue weighted by Gasteiger charge is 2.45. The Morgan fingerprint density at radius 1 is 0.260 bits per heavy atom. The van der Waals surface area contributed by atoms with Crippen molar-refractivity contribution in [1.82, 2.24) is 0 Å². The van der Waals surface area contributed by atoms with E-state index in [-0.39, 0.29) is 6.71 Å². The lowest BCUT2D eigenvalue weighted by Gasteiger charge is -2.44. The minimum atomic E-state index is -0.197. The lowest BCUT2D eigenvalue weighted by molar-refractivity contribution is 0.668. The fourth-order valence-corrected chi connectivity index (χ4v) is 12.7. The smallest absolute Gasteiger partial charge is 0.252 e. The van der Waals surface area contributed by atoms with E-state index in [1.54, 1.807) is 0 Å². The fraction of sp³-hybridized carbons (Fsp3) is 0. The van der Waals surface area contributed by atoms with Crippen molar-refractivity contribution in [2.45, 2.75) is 0 Å². The van der Waals surface area contributed by atoms with Crippen molar-refractivity contribution in [3.8, 4) is 22.3 Å². The van der Waals surface area contributed by atoms with Gasteiger partial charge in [-0.2, -0.15) is 0 Å². The van der Waals surface area contributed by atoms with Crippen LogP contribution in [0.25, 0.3) is 110 Å². The fourth-order valence-electron chi connectivity index (χ4n) is 12.7. The maximum absolute atomic E-state index is 6.81. The number of hydrogen-bond donors (Lipinski definition) is 0. The molecule has 0 unspecified atom stereocenters. The van der Waals surface area contributed by atoms with Crippen LogP contribution in [0.3, 0.4) is 0 Å². The SMILES string of the molecule is c1ccc(-c2c(N3c4cc5oc6ccccc6c5cc4B4c5cc6c(cc5N(c5ccc7oc8ccccc8c7c5-c5ccccc5)c5cccc3c54)oc3ccccc36)ccc3oc4ccccc4c23)cc1. The molecule has 0 fully saturated rings. The zero-order valence-electron chi connectivity index (χ0n) is 39.0. The van der Waals surface area contributed by atoms with Crippen molar-refractivity contribution in [1.29, 1.82) is 0 Å². The maximum Gasteiger partial charge on any atom is 0.252 e. The molecule has 4 aromatic heterocycles. The molecule has 0 N–H and O–H groups in total. The van der Waals surface area contributed by atoms with E-state index in [1.807, 2.05) is 12.1 Å². The molecule has 0 saturated heterocycles. The number of fused-ring (bicyclic) bond motifs is 16. The van der Waals surface area contributed by atoms with Gasteiger partial charge in [-0.3, -0.25) is 0 Å². The van der Waals surface area contributed by atoms with Gasteiger partial charge in [-0.25, -0.2) is 0 Å². The van der Waals surface area contributed by atoms with Crippen molar-refractivity contribution in [3.05, 3.63) is 224 Å². The monoisotopic (exact) mass is 932 g/mol. The molecule has 0 aliphatic carbocycles. The predicted molar refractivity (Wildman–Crippen MR) is 300 cm³/mol. The van der Waals surface area contributed by atoms with Crippen LogP contribution in [0.2, 0.25) is 0 Å². The number of anilines is 6. The van der Waals surface area contributed by atoms with Gasteiger partial charge in [0, 0.05) is 89.1 Å². The van der Waals surface area contributed by atoms with Crippen LogP contribution in [0, 0.1) is 0 Å². The first-order valence-corrected chi connectivity index (χ1v) is 24.8. The van der Waals surface area contributed by atoms with Crippen LogP contribution in [0.1, 0.15) is 0 Å². The average molecular weight is 933 g/mol. The van der Waals surface area contributed by atoms with Crippen molar-refractivity contribution < 1.29 is 17.7 Å². The van der Waals surface area contributed by atoms with E-state index >= 15 is 0 Å². The minimum absolute atomic E-state index is 0.197. The summed E-state index contributed by atoms with van der Waals surface area (Å²) < 4.78 is 26.9. The van der Waals surface area contributed by atoms with Crippen molar-refractivity contribution in [3.63, 3.8) is 0 Å². The standard InChI is InChI=1S/C66H37BN2O4/c1-3-16-38(17-4-1)62-48(30-32-58-64(62)42-22-9-13-28-56(42)70-58)68-50-24-15-25-51-66(50)67(46-34-44-40-20-7-11-26-54(40)72-60(44)36-52(46)68)47-35-45-41-21-8-12-27-55(41)73-61(45)37-53(47)69(51)49-31-33-59-65(43-23-10-14-29-57(43)71-59)63(49)39-18-5-2-6-19-39/h1-37H. The zero-order valence-corrected chi connectivity index (χ0v) is 39.0. The minimum Gasteiger partial charge on any atom is -0.456 e. The van der Waals surface area contributed by atoms with Gasteiger partial charge < -0.3 is 27.5 Å². The number of rotatable bonds is 4. The molecule has 0 saturated carbocycles. The third-order valence-electron chi connectivity index (χ3n) is 15.6. The van der Waals surface area contributed by atoms with E-state index in [0.29, 0.717) is 0 Å². The summed E-state index contributed by atoms with van der Waals surface area (Å²) in [4.78, 5) is 5.00. The van der Waals surface area contributed by atoms with Gasteiger partial charge in [-0.05, 0) is 88.2 Å². The Kier molecular flexibility index (Phi) is 7.73. The lowest BCUT2D eigenvalue weighted by atomic mass is 9.33. The summed E-state index contributed by atoms with van der Waals surface area (Å²) in [6, 6.07) is 80.2. The number of nitrogens with zero attached hydrogens (tertiary/aromatic N) is 2. The molecule has 0 bridgehead atoms. The van der Waals surface area contributed by atoms with Gasteiger partial charge in [0.15, 0.2) is 0 Å². The first-order valence-electron chi connectivity index (χ1n) is 24.8. The van der Waals surface area contributed by atoms with Gasteiger partial charge in [0.05, 0.1) is 11.4 Å². The van der Waals surface area contributed by atoms with Crippen LogP contribution < -0.4 is 26.2 Å². The summed E-state index contributed by atoms with van der Waals surface area (Å²) in [6.07, 6.45) is 0. The van der Waals surface area contributed by atoms with E-state index in [4.69, 9.17) is 17.7 Å². The van der Waals surface area contributed by atoms with Crippen molar-refractivity contribution >= 4 is 145 Å². The Labute approximate surface area is 417 Å². The molecule has 2 aliphatic heterocycles. The Morgan fingerprint density at radius 2 is 0.644 bits per heavy atom. The zero-order chi connectivity index (χ0) is 47.5. The Hall–Kier alpha value is -9.72. The number of furan rings is 4. The molecule has 15 aromatic rings. The van der Waals surface area contributed by atoms with Gasteiger partial charge in [0.2, 0.25) is 0 Å². The number of hydrogen-bond acceptors (Lipinski definition) is 6. The highest BCUT2D eigenvalue weighted by Crippen LogP contribution is 2.53. The molecule has 0 amide bonds. The van der Waals surface area contributed by atoms with Gasteiger partial charge in [0.25, 0.3) is 6.71 Å². The van der Waals surface area contributed by atoms with E-state index in [2.05, 4.69) is 222 Å². The molecule has 6 nitrogen and oxygen atoms in total. The van der Waals surface area contributed by atoms with E-state index < -0.39 is 0 Å². The Morgan fingerprint density at radius 3 is 1.10 bits per heavy atom. The Bertz CT molecular complexity index is 4530. The van der Waals surface area contributed by atoms with Crippen molar-refractivity contribution in [2.24, 2.45) is 0 Å². The summed E-state index contributed by atoms with van der Waals surface area (Å²) in [5.41, 5.74) is 21.1. The molecule has 6 heterocycles. The Balaban J connectivity index is 1.04. The van der Waals surface area contributed by atoms with E-state index in [1.165, 1.54) is 16.4 Å². The maximum atomic E-state index is 6.81. The second-order valence-corrected chi connectivity index (χ2v) is 19.4. The molecule has 11 aromatic carbocycles. The summed E-state index contributed by atoms with van der Waals surface area (Å²) >= 11 is 0. The number of para-hydroxylation sites is 4. The normalized spacial score (nSPS) is 13.1. The van der Waals surface area contributed by atoms with Crippen LogP contribution in [0.4, 0.5) is 34.1 Å². The third kappa shape index (κ3) is 5.32. The molecule has 0 radical (unpaired) electrons. The molecule has 2 aliphatic rings. The molecular formula is C66H37BN2O4. The number of benzene rings is 11. The van der Waals surface area contributed by atoms with Gasteiger partial charge in [0.1, 0.15) is 44.7 Å². The van der Waals surface area contributed by atoms with Crippen LogP contribution >= 0.6 is 0 Å². The molecule has 7 heteroatoms. The van der Waals surface area contributed by atoms with Crippen LogP contribution in [0.15, 0.2) is 242 Å². The van der Waals surface area contributed by atoms with Crippen molar-refractivity contribution in [2.75, 3.05) is 9.80 Å². The van der Waals surface area contributed by atoms with E-state index in [9.17, 15) is 0 Å². The molecule has 17 rings (SSSR count). The molecular weight excluding hydrogens is 896 g/mol. The highest BCUT2D eigenvalue weighted by atomic mass is 16.3. The van der Waals surface area contributed by atoms with E-state index in [0.717, 1.165) is 144 Å². The van der Waals surface area contributed by atoms with Crippen LogP contribution in [-0.4, -0.2) is 6.71 Å². The molecule has 73 heavy (non-hydrogen) atoms. The summed E-state index contributed by atoms with van der Waals surface area (Å²) in [5.74, 6) is 0. The van der Waals surface area contributed by atoms with Crippen LogP contribution in [0.5, 0.6) is 0 Å². The molecule has 0 atom stereocenters. The molecule has 338 valence electrons. The largest absolute Gasteiger partial charge is 0.456 e. The predicted octanol–water partition coefficient (Wildman–Crippen LogP) is 16.7. The summed E-state index contributed by atoms with van der Waals surface area (Å²) in [5, 5.41) is 8.63. The average Bonchev–Trinajstić information content (AvgIpc) is 4.22. The first-order chi connectivity index (χ1) is 36.2.